The van der Waals surface area contributed by atoms with Gasteiger partial charge in [-0.2, -0.15) is 5.10 Å². The number of aliphatic imine (C=N–C) groups is 1. The van der Waals surface area contributed by atoms with Crippen molar-refractivity contribution in [3.05, 3.63) is 46.2 Å². The molecule has 1 aromatic heterocycles. The lowest BCUT2D eigenvalue weighted by Crippen LogP contribution is -2.39. The summed E-state index contributed by atoms with van der Waals surface area (Å²) in [5.74, 6) is 1.56. The molecule has 0 bridgehead atoms. The third kappa shape index (κ3) is 5.95. The van der Waals surface area contributed by atoms with Gasteiger partial charge in [-0.25, -0.2) is 0 Å². The van der Waals surface area contributed by atoms with Crippen molar-refractivity contribution < 1.29 is 4.74 Å². The number of guanidine groups is 1. The van der Waals surface area contributed by atoms with Gasteiger partial charge in [0.25, 0.3) is 0 Å². The van der Waals surface area contributed by atoms with Crippen LogP contribution in [-0.2, 0) is 13.0 Å². The third-order valence-electron chi connectivity index (χ3n) is 4.11. The van der Waals surface area contributed by atoms with E-state index in [1.54, 1.807) is 14.2 Å². The largest absolute Gasteiger partial charge is 0.497 e. The number of hydrogen-bond acceptors (Lipinski definition) is 3. The Balaban J connectivity index is 1.70. The zero-order valence-electron chi connectivity index (χ0n) is 16.0. The zero-order chi connectivity index (χ0) is 18.9. The second-order valence-corrected chi connectivity index (χ2v) is 6.54. The average molecular weight is 378 g/mol. The van der Waals surface area contributed by atoms with Crippen molar-refractivity contribution in [2.45, 2.75) is 33.2 Å². The number of nitrogens with zero attached hydrogens (tertiary/aromatic N) is 3. The number of ether oxygens (including phenoxy) is 1. The molecule has 0 aliphatic rings. The van der Waals surface area contributed by atoms with Gasteiger partial charge in [0.2, 0.25) is 0 Å². The molecule has 2 N–H and O–H groups in total. The topological polar surface area (TPSA) is 63.5 Å². The summed E-state index contributed by atoms with van der Waals surface area (Å²) in [6.45, 7) is 6.58. The van der Waals surface area contributed by atoms with Gasteiger partial charge in [-0.15, -0.1) is 0 Å². The van der Waals surface area contributed by atoms with Crippen LogP contribution in [0.3, 0.4) is 0 Å². The molecule has 0 amide bonds. The van der Waals surface area contributed by atoms with Crippen LogP contribution >= 0.6 is 11.6 Å². The highest BCUT2D eigenvalue weighted by atomic mass is 35.5. The van der Waals surface area contributed by atoms with E-state index in [1.165, 1.54) is 5.69 Å². The maximum Gasteiger partial charge on any atom is 0.190 e. The first-order valence-corrected chi connectivity index (χ1v) is 9.19. The van der Waals surface area contributed by atoms with Crippen LogP contribution in [0.1, 0.15) is 23.4 Å². The lowest BCUT2D eigenvalue weighted by molar-refractivity contribution is 0.414. The normalized spacial score (nSPS) is 11.5. The summed E-state index contributed by atoms with van der Waals surface area (Å²) in [6.07, 6.45) is 1.79. The minimum absolute atomic E-state index is 0.721. The van der Waals surface area contributed by atoms with E-state index < -0.39 is 0 Å². The molecule has 6 nitrogen and oxygen atoms in total. The molecule has 2 rings (SSSR count). The Morgan fingerprint density at radius 1 is 1.23 bits per heavy atom. The molecule has 0 spiro atoms. The summed E-state index contributed by atoms with van der Waals surface area (Å²) in [6, 6.07) is 7.85. The monoisotopic (exact) mass is 377 g/mol. The van der Waals surface area contributed by atoms with Crippen molar-refractivity contribution in [2.75, 3.05) is 27.2 Å². The summed E-state index contributed by atoms with van der Waals surface area (Å²) >= 11 is 6.27. The van der Waals surface area contributed by atoms with Crippen LogP contribution in [0.4, 0.5) is 0 Å². The number of hydrogen-bond donors (Lipinski definition) is 2. The summed E-state index contributed by atoms with van der Waals surface area (Å²) in [5.41, 5.74) is 3.34. The second-order valence-electron chi connectivity index (χ2n) is 6.14. The van der Waals surface area contributed by atoms with Crippen LogP contribution < -0.4 is 15.4 Å². The summed E-state index contributed by atoms with van der Waals surface area (Å²) < 4.78 is 7.21. The number of rotatable bonds is 8. The van der Waals surface area contributed by atoms with Crippen molar-refractivity contribution in [1.82, 2.24) is 20.4 Å². The van der Waals surface area contributed by atoms with Crippen molar-refractivity contribution in [3.63, 3.8) is 0 Å². The number of benzene rings is 1. The maximum atomic E-state index is 6.27. The Hall–Kier alpha value is -2.21. The van der Waals surface area contributed by atoms with Gasteiger partial charge in [-0.3, -0.25) is 9.67 Å². The van der Waals surface area contributed by atoms with E-state index in [9.17, 15) is 0 Å². The second kappa shape index (κ2) is 10.1. The maximum absolute atomic E-state index is 6.27. The Morgan fingerprint density at radius 3 is 2.62 bits per heavy atom. The van der Waals surface area contributed by atoms with Crippen LogP contribution in [0.15, 0.2) is 29.3 Å². The van der Waals surface area contributed by atoms with Gasteiger partial charge in [-0.1, -0.05) is 17.7 Å². The molecule has 26 heavy (non-hydrogen) atoms. The van der Waals surface area contributed by atoms with E-state index in [4.69, 9.17) is 16.3 Å². The lowest BCUT2D eigenvalue weighted by Gasteiger charge is -2.13. The third-order valence-corrected chi connectivity index (χ3v) is 4.46. The number of halogens is 1. The highest BCUT2D eigenvalue weighted by molar-refractivity contribution is 6.31. The molecular weight excluding hydrogens is 350 g/mol. The molecule has 1 aromatic carbocycles. The van der Waals surface area contributed by atoms with Crippen LogP contribution in [-0.4, -0.2) is 43.0 Å². The zero-order valence-corrected chi connectivity index (χ0v) is 16.7. The molecule has 0 unspecified atom stereocenters. The molecule has 142 valence electrons. The van der Waals surface area contributed by atoms with Crippen molar-refractivity contribution in [1.29, 1.82) is 0 Å². The average Bonchev–Trinajstić information content (AvgIpc) is 2.95. The number of aromatic nitrogens is 2. The molecule has 0 aliphatic carbocycles. The molecular formula is C19H28ClN5O. The molecule has 1 heterocycles. The Labute approximate surface area is 160 Å². The molecule has 7 heteroatoms. The summed E-state index contributed by atoms with van der Waals surface area (Å²) in [4.78, 5) is 4.25. The summed E-state index contributed by atoms with van der Waals surface area (Å²) in [5, 5.41) is 11.8. The fraction of sp³-hybridized carbons (Fsp3) is 0.474. The Kier molecular flexibility index (Phi) is 7.78. The summed E-state index contributed by atoms with van der Waals surface area (Å²) in [7, 11) is 3.41. The predicted molar refractivity (Wildman–Crippen MR) is 107 cm³/mol. The molecule has 0 saturated carbocycles. The van der Waals surface area contributed by atoms with Crippen LogP contribution in [0.2, 0.25) is 5.02 Å². The number of aryl methyl sites for hydroxylation is 3. The fourth-order valence-corrected chi connectivity index (χ4v) is 3.00. The van der Waals surface area contributed by atoms with Gasteiger partial charge >= 0.3 is 0 Å². The van der Waals surface area contributed by atoms with Gasteiger partial charge in [0.05, 0.1) is 12.8 Å². The van der Waals surface area contributed by atoms with Crippen molar-refractivity contribution in [2.24, 2.45) is 4.99 Å². The molecule has 0 saturated heterocycles. The fourth-order valence-electron chi connectivity index (χ4n) is 2.73. The SMILES string of the molecule is CN=C(NCCCn1nc(C)cc1C)NCCc1ccc(OC)cc1Cl. The molecule has 0 atom stereocenters. The van der Waals surface area contributed by atoms with E-state index in [0.29, 0.717) is 0 Å². The van der Waals surface area contributed by atoms with Gasteiger partial charge in [0.15, 0.2) is 5.96 Å². The predicted octanol–water partition coefficient (Wildman–Crippen LogP) is 2.96. The van der Waals surface area contributed by atoms with Crippen LogP contribution in [0, 0.1) is 13.8 Å². The first-order valence-electron chi connectivity index (χ1n) is 8.81. The van der Waals surface area contributed by atoms with Crippen LogP contribution in [0.25, 0.3) is 0 Å². The standard InChI is InChI=1S/C19H28ClN5O/c1-14-12-15(2)25(24-14)11-5-9-22-19(21-3)23-10-8-16-6-7-17(26-4)13-18(16)20/h6-7,12-13H,5,8-11H2,1-4H3,(H2,21,22,23). The van der Waals surface area contributed by atoms with E-state index >= 15 is 0 Å². The van der Waals surface area contributed by atoms with Gasteiger partial charge in [0.1, 0.15) is 5.75 Å². The van der Waals surface area contributed by atoms with Crippen molar-refractivity contribution in [3.8, 4) is 5.75 Å². The van der Waals surface area contributed by atoms with Gasteiger partial charge in [0, 0.05) is 37.4 Å². The van der Waals surface area contributed by atoms with Crippen molar-refractivity contribution >= 4 is 17.6 Å². The molecule has 2 aromatic rings. The molecule has 0 fully saturated rings. The smallest absolute Gasteiger partial charge is 0.190 e. The number of methoxy groups -OCH3 is 1. The first-order chi connectivity index (χ1) is 12.5. The van der Waals surface area contributed by atoms with E-state index in [1.807, 2.05) is 29.8 Å². The quantitative estimate of drug-likeness (QED) is 0.422. The molecule has 0 radical (unpaired) electrons. The van der Waals surface area contributed by atoms with Crippen LogP contribution in [0.5, 0.6) is 5.75 Å². The highest BCUT2D eigenvalue weighted by Gasteiger charge is 2.04. The molecule has 0 aliphatic heterocycles. The Bertz CT molecular complexity index is 742. The Morgan fingerprint density at radius 2 is 2.00 bits per heavy atom. The van der Waals surface area contributed by atoms with E-state index in [0.717, 1.165) is 60.5 Å². The van der Waals surface area contributed by atoms with E-state index in [2.05, 4.69) is 33.7 Å². The van der Waals surface area contributed by atoms with E-state index in [-0.39, 0.29) is 0 Å². The highest BCUT2D eigenvalue weighted by Crippen LogP contribution is 2.22. The minimum Gasteiger partial charge on any atom is -0.497 e. The first kappa shape index (κ1) is 20.1. The number of nitrogens with one attached hydrogen (secondary N) is 2. The van der Waals surface area contributed by atoms with Gasteiger partial charge < -0.3 is 15.4 Å². The van der Waals surface area contributed by atoms with Gasteiger partial charge in [-0.05, 0) is 50.5 Å². The lowest BCUT2D eigenvalue weighted by atomic mass is 10.1. The minimum atomic E-state index is 0.721.